The van der Waals surface area contributed by atoms with Crippen LogP contribution in [0.15, 0.2) is 18.2 Å². The number of likely N-dealkylation sites (N-methyl/N-ethyl adjacent to an activating group) is 1. The number of hydrogen-bond acceptors (Lipinski definition) is 5. The minimum absolute atomic E-state index is 0.0674. The topological polar surface area (TPSA) is 56.2 Å². The Labute approximate surface area is 141 Å². The van der Waals surface area contributed by atoms with Crippen LogP contribution in [-0.4, -0.2) is 91.3 Å². The van der Waals surface area contributed by atoms with E-state index >= 15 is 0 Å². The Hall–Kier alpha value is -1.70. The number of hydrogen-bond donors (Lipinski definition) is 1. The van der Waals surface area contributed by atoms with Crippen molar-refractivity contribution in [1.82, 2.24) is 14.7 Å². The quantitative estimate of drug-likeness (QED) is 0.858. The number of ether oxygens (including phenoxy) is 1. The molecule has 2 aliphatic rings. The fourth-order valence-electron chi connectivity index (χ4n) is 3.47. The number of methoxy groups -OCH3 is 1. The first-order valence-electron chi connectivity index (χ1n) is 8.23. The Morgan fingerprint density at radius 3 is 2.62 bits per heavy atom. The Balaban J connectivity index is 1.72. The number of nitrogens with zero attached hydrogens (tertiary/aromatic N) is 3. The predicted octanol–water partition coefficient (Wildman–Crippen LogP) is 0.267. The number of benzene rings is 1. The molecule has 0 saturated carbocycles. The number of carbonyl (C=O) groups is 1. The first-order chi connectivity index (χ1) is 11.5. The van der Waals surface area contributed by atoms with Crippen LogP contribution >= 0.6 is 0 Å². The molecule has 2 aliphatic heterocycles. The molecule has 24 heavy (non-hydrogen) atoms. The molecule has 1 amide bonds. The monoisotopic (exact) mass is 337 g/mol. The van der Waals surface area contributed by atoms with Gasteiger partial charge in [-0.1, -0.05) is 0 Å². The Bertz CT molecular complexity index is 605. The highest BCUT2D eigenvalue weighted by atomic mass is 19.1. The van der Waals surface area contributed by atoms with E-state index < -0.39 is 11.9 Å². The van der Waals surface area contributed by atoms with Gasteiger partial charge in [0.1, 0.15) is 11.6 Å². The maximum atomic E-state index is 13.5. The predicted molar refractivity (Wildman–Crippen MR) is 87.7 cm³/mol. The zero-order chi connectivity index (χ0) is 17.3. The maximum absolute atomic E-state index is 13.5. The summed E-state index contributed by atoms with van der Waals surface area (Å²) in [7, 11) is 3.53. The lowest BCUT2D eigenvalue weighted by atomic mass is 10.1. The lowest BCUT2D eigenvalue weighted by molar-refractivity contribution is 0.0512. The van der Waals surface area contributed by atoms with Gasteiger partial charge < -0.3 is 19.6 Å². The van der Waals surface area contributed by atoms with Gasteiger partial charge in [-0.05, 0) is 25.2 Å². The van der Waals surface area contributed by atoms with Gasteiger partial charge in [-0.15, -0.1) is 0 Å². The van der Waals surface area contributed by atoms with Gasteiger partial charge in [0.2, 0.25) is 0 Å². The number of aliphatic hydroxyl groups is 1. The van der Waals surface area contributed by atoms with Gasteiger partial charge in [0.25, 0.3) is 5.91 Å². The number of likely N-dealkylation sites (tertiary alicyclic amines) is 1. The fraction of sp³-hybridized carbons (Fsp3) is 0.588. The van der Waals surface area contributed by atoms with Crippen LogP contribution in [0.2, 0.25) is 0 Å². The summed E-state index contributed by atoms with van der Waals surface area (Å²) in [5.41, 5.74) is 0.198. The summed E-state index contributed by atoms with van der Waals surface area (Å²) in [6.07, 6.45) is -0.586. The third-order valence-electron chi connectivity index (χ3n) is 4.95. The molecule has 2 atom stereocenters. The average molecular weight is 337 g/mol. The molecule has 2 heterocycles. The van der Waals surface area contributed by atoms with Crippen molar-refractivity contribution < 1.29 is 19.0 Å². The highest BCUT2D eigenvalue weighted by molar-refractivity contribution is 5.97. The molecule has 6 nitrogen and oxygen atoms in total. The molecule has 0 aliphatic carbocycles. The minimum atomic E-state index is -0.586. The van der Waals surface area contributed by atoms with E-state index in [1.54, 1.807) is 4.90 Å². The van der Waals surface area contributed by atoms with Crippen molar-refractivity contribution in [3.05, 3.63) is 29.6 Å². The van der Waals surface area contributed by atoms with Crippen molar-refractivity contribution in [3.8, 4) is 5.75 Å². The van der Waals surface area contributed by atoms with Crippen LogP contribution in [0.4, 0.5) is 4.39 Å². The zero-order valence-electron chi connectivity index (χ0n) is 14.1. The molecule has 1 N–H and O–H groups in total. The number of piperazine rings is 1. The molecule has 0 radical (unpaired) electrons. The molecule has 1 aromatic rings. The second kappa shape index (κ2) is 7.04. The zero-order valence-corrected chi connectivity index (χ0v) is 14.1. The highest BCUT2D eigenvalue weighted by Gasteiger charge is 2.39. The number of halogens is 1. The Morgan fingerprint density at radius 2 is 1.96 bits per heavy atom. The summed E-state index contributed by atoms with van der Waals surface area (Å²) < 4.78 is 18.7. The lowest BCUT2D eigenvalue weighted by Crippen LogP contribution is -2.52. The van der Waals surface area contributed by atoms with Gasteiger partial charge >= 0.3 is 0 Å². The SMILES string of the molecule is COc1ccc(F)cc1C(=O)N1C[C@@H](O)[C@H](N2CCN(C)CC2)C1. The van der Waals surface area contributed by atoms with E-state index in [0.29, 0.717) is 12.3 Å². The summed E-state index contributed by atoms with van der Waals surface area (Å²) in [4.78, 5) is 18.8. The molecular formula is C17H24FN3O3. The molecule has 2 fully saturated rings. The molecular weight excluding hydrogens is 313 g/mol. The largest absolute Gasteiger partial charge is 0.496 e. The average Bonchev–Trinajstić information content (AvgIpc) is 2.96. The molecule has 0 spiro atoms. The Kier molecular flexibility index (Phi) is 5.03. The maximum Gasteiger partial charge on any atom is 0.257 e. The molecule has 132 valence electrons. The second-order valence-corrected chi connectivity index (χ2v) is 6.53. The molecule has 2 saturated heterocycles. The number of β-amino-alcohol motifs (C(OH)–C–C–N with tert-alkyl or cyclic N) is 1. The van der Waals surface area contributed by atoms with Gasteiger partial charge in [-0.25, -0.2) is 4.39 Å². The van der Waals surface area contributed by atoms with Crippen LogP contribution in [0, 0.1) is 5.82 Å². The van der Waals surface area contributed by atoms with E-state index in [0.717, 1.165) is 26.2 Å². The fourth-order valence-corrected chi connectivity index (χ4v) is 3.47. The smallest absolute Gasteiger partial charge is 0.257 e. The number of carbonyl (C=O) groups excluding carboxylic acids is 1. The van der Waals surface area contributed by atoms with E-state index in [-0.39, 0.29) is 24.1 Å². The Morgan fingerprint density at radius 1 is 1.25 bits per heavy atom. The third-order valence-corrected chi connectivity index (χ3v) is 4.95. The van der Waals surface area contributed by atoms with Crippen molar-refractivity contribution in [2.75, 3.05) is 53.4 Å². The number of amides is 1. The van der Waals surface area contributed by atoms with Crippen LogP contribution in [0.25, 0.3) is 0 Å². The summed E-state index contributed by atoms with van der Waals surface area (Å²) in [5, 5.41) is 10.4. The minimum Gasteiger partial charge on any atom is -0.496 e. The lowest BCUT2D eigenvalue weighted by Gasteiger charge is -2.37. The van der Waals surface area contributed by atoms with Crippen molar-refractivity contribution >= 4 is 5.91 Å². The van der Waals surface area contributed by atoms with E-state index in [1.807, 2.05) is 0 Å². The summed E-state index contributed by atoms with van der Waals surface area (Å²) in [6.45, 7) is 4.37. The highest BCUT2D eigenvalue weighted by Crippen LogP contribution is 2.25. The number of aliphatic hydroxyl groups excluding tert-OH is 1. The van der Waals surface area contributed by atoms with E-state index in [1.165, 1.54) is 25.3 Å². The van der Waals surface area contributed by atoms with Crippen LogP contribution in [0.3, 0.4) is 0 Å². The van der Waals surface area contributed by atoms with Crippen molar-refractivity contribution in [2.24, 2.45) is 0 Å². The van der Waals surface area contributed by atoms with Crippen LogP contribution in [0.1, 0.15) is 10.4 Å². The first-order valence-corrected chi connectivity index (χ1v) is 8.23. The van der Waals surface area contributed by atoms with Crippen molar-refractivity contribution in [2.45, 2.75) is 12.1 Å². The number of rotatable bonds is 3. The molecule has 3 rings (SSSR count). The van der Waals surface area contributed by atoms with Gasteiger partial charge in [-0.3, -0.25) is 9.69 Å². The summed E-state index contributed by atoms with van der Waals surface area (Å²) in [6, 6.07) is 3.84. The van der Waals surface area contributed by atoms with Gasteiger partial charge in [0.15, 0.2) is 0 Å². The molecule has 0 unspecified atom stereocenters. The van der Waals surface area contributed by atoms with Crippen molar-refractivity contribution in [1.29, 1.82) is 0 Å². The second-order valence-electron chi connectivity index (χ2n) is 6.53. The van der Waals surface area contributed by atoms with Crippen LogP contribution in [-0.2, 0) is 0 Å². The van der Waals surface area contributed by atoms with E-state index in [4.69, 9.17) is 4.74 Å². The molecule has 0 aromatic heterocycles. The standard InChI is InChI=1S/C17H24FN3O3/c1-19-5-7-20(8-6-19)14-10-21(11-15(14)22)17(23)13-9-12(18)3-4-16(13)24-2/h3-4,9,14-15,22H,5-8,10-11H2,1-2H3/t14-,15-/m1/s1. The van der Waals surface area contributed by atoms with E-state index in [9.17, 15) is 14.3 Å². The summed E-state index contributed by atoms with van der Waals surface area (Å²) in [5.74, 6) is -0.435. The van der Waals surface area contributed by atoms with Crippen molar-refractivity contribution in [3.63, 3.8) is 0 Å². The molecule has 1 aromatic carbocycles. The van der Waals surface area contributed by atoms with Gasteiger partial charge in [-0.2, -0.15) is 0 Å². The van der Waals surface area contributed by atoms with Crippen LogP contribution < -0.4 is 4.74 Å². The molecule has 7 heteroatoms. The first kappa shape index (κ1) is 17.1. The van der Waals surface area contributed by atoms with Crippen LogP contribution in [0.5, 0.6) is 5.75 Å². The van der Waals surface area contributed by atoms with E-state index in [2.05, 4.69) is 16.8 Å². The normalized spacial score (nSPS) is 25.9. The van der Waals surface area contributed by atoms with Gasteiger partial charge in [0.05, 0.1) is 24.8 Å². The molecule has 0 bridgehead atoms. The third kappa shape index (κ3) is 3.38. The summed E-state index contributed by atoms with van der Waals surface area (Å²) >= 11 is 0. The van der Waals surface area contributed by atoms with Gasteiger partial charge in [0, 0.05) is 39.3 Å².